The maximum atomic E-state index is 12.6. The normalized spacial score (nSPS) is 14.8. The Labute approximate surface area is 74.9 Å². The number of hydrogen-bond acceptors (Lipinski definition) is 2. The van der Waals surface area contributed by atoms with Gasteiger partial charge in [0, 0.05) is 0 Å². The molecule has 0 aliphatic heterocycles. The molecule has 8 heteroatoms. The van der Waals surface area contributed by atoms with E-state index in [1.807, 2.05) is 0 Å². The molecule has 13 heavy (non-hydrogen) atoms. The summed E-state index contributed by atoms with van der Waals surface area (Å²) in [7, 11) is 0. The van der Waals surface area contributed by atoms with E-state index in [2.05, 4.69) is 11.6 Å². The molecule has 0 saturated carbocycles. The van der Waals surface area contributed by atoms with E-state index in [0.717, 1.165) is 0 Å². The Kier molecular flexibility index (Phi) is 3.51. The minimum Gasteiger partial charge on any atom is -0.390 e. The van der Waals surface area contributed by atoms with Crippen molar-refractivity contribution in [3.8, 4) is 0 Å². The lowest BCUT2D eigenvalue weighted by Crippen LogP contribution is -2.56. The van der Waals surface area contributed by atoms with Crippen LogP contribution >= 0.6 is 11.6 Å². The number of halogens is 6. The van der Waals surface area contributed by atoms with Crippen LogP contribution in [0.2, 0.25) is 0 Å². The van der Waals surface area contributed by atoms with Crippen LogP contribution in [0.5, 0.6) is 0 Å². The zero-order chi connectivity index (χ0) is 10.9. The molecule has 0 unspecified atom stereocenters. The first-order valence-corrected chi connectivity index (χ1v) is 3.35. The van der Waals surface area contributed by atoms with E-state index in [1.54, 1.807) is 0 Å². The second-order valence-electron chi connectivity index (χ2n) is 2.30. The highest BCUT2D eigenvalue weighted by atomic mass is 35.5. The summed E-state index contributed by atoms with van der Waals surface area (Å²) in [4.78, 5) is 0. The fourth-order valence-electron chi connectivity index (χ4n) is 0.466. The molecule has 0 bridgehead atoms. The van der Waals surface area contributed by atoms with Gasteiger partial charge in [-0.1, -0.05) is 11.6 Å². The maximum Gasteiger partial charge on any atom is 0.323 e. The summed E-state index contributed by atoms with van der Waals surface area (Å²) >= 11 is 4.23. The lowest BCUT2D eigenvalue weighted by molar-refractivity contribution is -0.229. The van der Waals surface area contributed by atoms with Gasteiger partial charge in [0.05, 0.1) is 0 Å². The van der Waals surface area contributed by atoms with Crippen molar-refractivity contribution in [3.05, 3.63) is 0 Å². The fourth-order valence-corrected chi connectivity index (χ4v) is 0.586. The SMILES string of the molecule is OCC(F)(F)C(F)(Cl)C(F)(F)CO. The predicted octanol–water partition coefficient (Wildman–Crippen LogP) is 1.15. The third kappa shape index (κ3) is 2.03. The van der Waals surface area contributed by atoms with Crippen molar-refractivity contribution >= 4 is 11.6 Å². The maximum absolute atomic E-state index is 12.6. The van der Waals surface area contributed by atoms with Crippen molar-refractivity contribution < 1.29 is 32.2 Å². The smallest absolute Gasteiger partial charge is 0.323 e. The molecule has 0 saturated heterocycles. The Morgan fingerprint density at radius 1 is 0.846 bits per heavy atom. The predicted molar refractivity (Wildman–Crippen MR) is 33.8 cm³/mol. The molecule has 0 aromatic heterocycles. The minimum absolute atomic E-state index is 2.18. The Morgan fingerprint density at radius 2 is 1.08 bits per heavy atom. The average Bonchev–Trinajstić information content (AvgIpc) is 2.03. The molecular formula is C5H6ClF5O2. The highest BCUT2D eigenvalue weighted by molar-refractivity contribution is 6.24. The quantitative estimate of drug-likeness (QED) is 0.560. The number of aliphatic hydroxyl groups is 2. The van der Waals surface area contributed by atoms with Gasteiger partial charge in [-0.2, -0.15) is 17.6 Å². The van der Waals surface area contributed by atoms with Crippen LogP contribution in [-0.2, 0) is 0 Å². The molecule has 0 atom stereocenters. The summed E-state index contributed by atoms with van der Waals surface area (Å²) in [5.74, 6) is -9.67. The van der Waals surface area contributed by atoms with E-state index in [-0.39, 0.29) is 0 Å². The molecule has 0 spiro atoms. The molecule has 80 valence electrons. The monoisotopic (exact) mass is 228 g/mol. The highest BCUT2D eigenvalue weighted by Gasteiger charge is 2.68. The van der Waals surface area contributed by atoms with Gasteiger partial charge in [-0.15, -0.1) is 0 Å². The Hall–Kier alpha value is -0.140. The summed E-state index contributed by atoms with van der Waals surface area (Å²) in [5, 5.41) is 11.0. The molecule has 2 nitrogen and oxygen atoms in total. The van der Waals surface area contributed by atoms with Gasteiger partial charge in [-0.25, -0.2) is 4.39 Å². The van der Waals surface area contributed by atoms with Crippen LogP contribution in [0.25, 0.3) is 0 Å². The molecule has 2 N–H and O–H groups in total. The number of hydrogen-bond donors (Lipinski definition) is 2. The molecule has 0 heterocycles. The van der Waals surface area contributed by atoms with E-state index in [4.69, 9.17) is 10.2 Å². The molecule has 0 aliphatic rings. The van der Waals surface area contributed by atoms with Crippen molar-refractivity contribution in [2.45, 2.75) is 17.0 Å². The van der Waals surface area contributed by atoms with E-state index in [9.17, 15) is 22.0 Å². The topological polar surface area (TPSA) is 40.5 Å². The summed E-state index contributed by atoms with van der Waals surface area (Å²) < 4.78 is 61.7. The van der Waals surface area contributed by atoms with Gasteiger partial charge in [0.25, 0.3) is 0 Å². The van der Waals surface area contributed by atoms with Crippen LogP contribution in [0.15, 0.2) is 0 Å². The van der Waals surface area contributed by atoms with Crippen molar-refractivity contribution in [1.82, 2.24) is 0 Å². The van der Waals surface area contributed by atoms with E-state index < -0.39 is 30.2 Å². The van der Waals surface area contributed by atoms with Gasteiger partial charge < -0.3 is 10.2 Å². The van der Waals surface area contributed by atoms with E-state index in [0.29, 0.717) is 0 Å². The average molecular weight is 229 g/mol. The lowest BCUT2D eigenvalue weighted by Gasteiger charge is -2.31. The Morgan fingerprint density at radius 3 is 1.23 bits per heavy atom. The first kappa shape index (κ1) is 12.9. The first-order chi connectivity index (χ1) is 5.62. The van der Waals surface area contributed by atoms with E-state index >= 15 is 0 Å². The van der Waals surface area contributed by atoms with Crippen LogP contribution in [0, 0.1) is 0 Å². The first-order valence-electron chi connectivity index (χ1n) is 2.97. The fraction of sp³-hybridized carbons (Fsp3) is 1.00. The molecule has 0 aromatic rings. The second-order valence-corrected chi connectivity index (χ2v) is 2.82. The summed E-state index contributed by atoms with van der Waals surface area (Å²) in [6.07, 6.45) is 0. The molecule has 0 radical (unpaired) electrons. The number of alkyl halides is 6. The zero-order valence-electron chi connectivity index (χ0n) is 6.08. The van der Waals surface area contributed by atoms with Crippen LogP contribution in [0.1, 0.15) is 0 Å². The van der Waals surface area contributed by atoms with Crippen molar-refractivity contribution in [3.63, 3.8) is 0 Å². The third-order valence-corrected chi connectivity index (χ3v) is 1.87. The molecule has 0 amide bonds. The third-order valence-electron chi connectivity index (χ3n) is 1.32. The number of aliphatic hydroxyl groups excluding tert-OH is 2. The van der Waals surface area contributed by atoms with E-state index in [1.165, 1.54) is 0 Å². The summed E-state index contributed by atoms with van der Waals surface area (Å²) in [5.41, 5.74) is 0. The van der Waals surface area contributed by atoms with Crippen LogP contribution in [0.3, 0.4) is 0 Å². The molecule has 0 aromatic carbocycles. The van der Waals surface area contributed by atoms with Gasteiger partial charge in [0.2, 0.25) is 0 Å². The second kappa shape index (κ2) is 3.55. The Bertz CT molecular complexity index is 166. The Balaban J connectivity index is 4.95. The van der Waals surface area contributed by atoms with Gasteiger partial charge in [-0.3, -0.25) is 0 Å². The largest absolute Gasteiger partial charge is 0.390 e. The lowest BCUT2D eigenvalue weighted by atomic mass is 10.1. The molecule has 0 aliphatic carbocycles. The van der Waals surface area contributed by atoms with Gasteiger partial charge in [-0.05, 0) is 0 Å². The standard InChI is InChI=1S/C5H6ClF5O2/c6-5(11,3(7,8)1-12)4(9,10)2-13/h12-13H,1-2H2. The van der Waals surface area contributed by atoms with Crippen molar-refractivity contribution in [2.24, 2.45) is 0 Å². The molecule has 0 fully saturated rings. The molecular weight excluding hydrogens is 222 g/mol. The van der Waals surface area contributed by atoms with Crippen LogP contribution < -0.4 is 0 Å². The number of rotatable bonds is 4. The molecule has 0 rings (SSSR count). The van der Waals surface area contributed by atoms with Crippen molar-refractivity contribution in [1.29, 1.82) is 0 Å². The van der Waals surface area contributed by atoms with Crippen LogP contribution in [-0.4, -0.2) is 40.4 Å². The summed E-state index contributed by atoms with van der Waals surface area (Å²) in [6, 6.07) is 0. The van der Waals surface area contributed by atoms with Gasteiger partial charge in [0.15, 0.2) is 0 Å². The van der Waals surface area contributed by atoms with Crippen molar-refractivity contribution in [2.75, 3.05) is 13.2 Å². The highest BCUT2D eigenvalue weighted by Crippen LogP contribution is 2.46. The van der Waals surface area contributed by atoms with Crippen LogP contribution in [0.4, 0.5) is 22.0 Å². The minimum atomic E-state index is -4.83. The van der Waals surface area contributed by atoms with Gasteiger partial charge in [0.1, 0.15) is 13.2 Å². The van der Waals surface area contributed by atoms with Gasteiger partial charge >= 0.3 is 17.0 Å². The summed E-state index contributed by atoms with van der Waals surface area (Å²) in [6.45, 7) is -4.36. The zero-order valence-corrected chi connectivity index (χ0v) is 6.83.